The van der Waals surface area contributed by atoms with Gasteiger partial charge in [0.1, 0.15) is 5.01 Å². The second-order valence-electron chi connectivity index (χ2n) is 4.82. The Hall–Kier alpha value is -1.64. The summed E-state index contributed by atoms with van der Waals surface area (Å²) in [5, 5.41) is 12.3. The van der Waals surface area contributed by atoms with Crippen molar-refractivity contribution < 1.29 is 9.53 Å². The highest BCUT2D eigenvalue weighted by molar-refractivity contribution is 7.98. The quantitative estimate of drug-likeness (QED) is 0.737. The fourth-order valence-corrected chi connectivity index (χ4v) is 3.33. The predicted octanol–water partition coefficient (Wildman–Crippen LogP) is 2.73. The second-order valence-corrected chi connectivity index (χ2v) is 6.69. The lowest BCUT2D eigenvalue weighted by Crippen LogP contribution is -2.29. The molecule has 0 saturated carbocycles. The summed E-state index contributed by atoms with van der Waals surface area (Å²) in [5.41, 5.74) is 0.841. The van der Waals surface area contributed by atoms with Crippen molar-refractivity contribution in [2.75, 3.05) is 31.8 Å². The minimum absolute atomic E-state index is 0.0523. The molecule has 0 spiro atoms. The summed E-state index contributed by atoms with van der Waals surface area (Å²) in [6.07, 6.45) is 1.99. The molecule has 8 heteroatoms. The van der Waals surface area contributed by atoms with E-state index >= 15 is 0 Å². The van der Waals surface area contributed by atoms with E-state index in [1.807, 2.05) is 49.4 Å². The molecule has 0 aliphatic heterocycles. The maximum absolute atomic E-state index is 12.2. The summed E-state index contributed by atoms with van der Waals surface area (Å²) >= 11 is 3.01. The van der Waals surface area contributed by atoms with E-state index in [-0.39, 0.29) is 12.5 Å². The molecule has 1 aromatic carbocycles. The largest absolute Gasteiger partial charge is 0.469 e. The summed E-state index contributed by atoms with van der Waals surface area (Å²) < 4.78 is 5.30. The molecule has 0 atom stereocenters. The van der Waals surface area contributed by atoms with Crippen LogP contribution in [0.15, 0.2) is 29.2 Å². The molecule has 1 amide bonds. The number of anilines is 1. The molecule has 0 aliphatic rings. The minimum atomic E-state index is -0.0523. The number of hydrogen-bond acceptors (Lipinski definition) is 7. The van der Waals surface area contributed by atoms with E-state index in [4.69, 9.17) is 4.74 Å². The van der Waals surface area contributed by atoms with Crippen LogP contribution in [-0.4, -0.2) is 47.5 Å². The topological polar surface area (TPSA) is 67.4 Å². The van der Waals surface area contributed by atoms with Crippen molar-refractivity contribution >= 4 is 34.7 Å². The van der Waals surface area contributed by atoms with E-state index in [9.17, 15) is 4.79 Å². The molecule has 1 N–H and O–H groups in total. The zero-order chi connectivity index (χ0) is 16.7. The standard InChI is InChI=1S/C15H20N4O2S2/c1-4-21-15-18-17-14(23-15)10-19(2)9-13(20)16-11-7-5-6-8-12(11)22-3/h5-8H,4,9-10H2,1-3H3,(H,16,20). The molecule has 6 nitrogen and oxygen atoms in total. The van der Waals surface area contributed by atoms with Crippen LogP contribution in [-0.2, 0) is 11.3 Å². The molecule has 124 valence electrons. The van der Waals surface area contributed by atoms with E-state index in [1.165, 1.54) is 11.3 Å². The molecule has 23 heavy (non-hydrogen) atoms. The van der Waals surface area contributed by atoms with Gasteiger partial charge in [-0.25, -0.2) is 0 Å². The summed E-state index contributed by atoms with van der Waals surface area (Å²) in [4.78, 5) is 15.1. The van der Waals surface area contributed by atoms with E-state index in [2.05, 4.69) is 15.5 Å². The minimum Gasteiger partial charge on any atom is -0.469 e. The lowest BCUT2D eigenvalue weighted by atomic mass is 10.3. The Morgan fingerprint density at radius 2 is 2.17 bits per heavy atom. The van der Waals surface area contributed by atoms with Crippen LogP contribution in [0.1, 0.15) is 11.9 Å². The Labute approximate surface area is 144 Å². The van der Waals surface area contributed by atoms with Crippen molar-refractivity contribution in [1.82, 2.24) is 15.1 Å². The molecule has 2 aromatic rings. The Balaban J connectivity index is 1.86. The van der Waals surface area contributed by atoms with Gasteiger partial charge in [-0.3, -0.25) is 9.69 Å². The molecule has 0 radical (unpaired) electrons. The third kappa shape index (κ3) is 5.49. The van der Waals surface area contributed by atoms with Crippen LogP contribution < -0.4 is 10.1 Å². The van der Waals surface area contributed by atoms with Crippen LogP contribution >= 0.6 is 23.1 Å². The first-order valence-corrected chi connectivity index (χ1v) is 9.23. The average molecular weight is 352 g/mol. The summed E-state index contributed by atoms with van der Waals surface area (Å²) in [7, 11) is 1.88. The van der Waals surface area contributed by atoms with Gasteiger partial charge in [-0.1, -0.05) is 23.5 Å². The number of carbonyl (C=O) groups excluding carboxylic acids is 1. The van der Waals surface area contributed by atoms with Gasteiger partial charge in [0, 0.05) is 4.90 Å². The number of amides is 1. The van der Waals surface area contributed by atoms with Gasteiger partial charge in [-0.15, -0.1) is 22.0 Å². The summed E-state index contributed by atoms with van der Waals surface area (Å²) in [6, 6.07) is 7.76. The van der Waals surface area contributed by atoms with E-state index in [1.54, 1.807) is 11.8 Å². The zero-order valence-electron chi connectivity index (χ0n) is 13.4. The molecule has 0 fully saturated rings. The number of aromatic nitrogens is 2. The van der Waals surface area contributed by atoms with E-state index < -0.39 is 0 Å². The van der Waals surface area contributed by atoms with Gasteiger partial charge >= 0.3 is 0 Å². The van der Waals surface area contributed by atoms with Gasteiger partial charge in [-0.05, 0) is 32.4 Å². The highest BCUT2D eigenvalue weighted by Crippen LogP contribution is 2.24. The van der Waals surface area contributed by atoms with Gasteiger partial charge < -0.3 is 10.1 Å². The number of hydrogen-bond donors (Lipinski definition) is 1. The molecule has 2 rings (SSSR count). The van der Waals surface area contributed by atoms with Crippen molar-refractivity contribution in [3.63, 3.8) is 0 Å². The number of likely N-dealkylation sites (N-methyl/N-ethyl adjacent to an activating group) is 1. The van der Waals surface area contributed by atoms with Crippen LogP contribution in [0, 0.1) is 0 Å². The molecule has 0 aliphatic carbocycles. The first kappa shape index (κ1) is 17.7. The summed E-state index contributed by atoms with van der Waals surface area (Å²) in [5.74, 6) is -0.0523. The SMILES string of the molecule is CCOc1nnc(CN(C)CC(=O)Nc2ccccc2SC)s1. The molecular weight excluding hydrogens is 332 g/mol. The maximum atomic E-state index is 12.2. The molecule has 1 heterocycles. The lowest BCUT2D eigenvalue weighted by Gasteiger charge is -2.15. The Morgan fingerprint density at radius 3 is 2.91 bits per heavy atom. The fraction of sp³-hybridized carbons (Fsp3) is 0.400. The Morgan fingerprint density at radius 1 is 1.39 bits per heavy atom. The zero-order valence-corrected chi connectivity index (χ0v) is 15.0. The van der Waals surface area contributed by atoms with Gasteiger partial charge in [0.2, 0.25) is 5.91 Å². The Kier molecular flexibility index (Phi) is 6.82. The lowest BCUT2D eigenvalue weighted by molar-refractivity contribution is -0.117. The molecule has 0 bridgehead atoms. The van der Waals surface area contributed by atoms with Gasteiger partial charge in [-0.2, -0.15) is 0 Å². The van der Waals surface area contributed by atoms with Gasteiger partial charge in [0.25, 0.3) is 5.19 Å². The van der Waals surface area contributed by atoms with Crippen molar-refractivity contribution in [3.8, 4) is 5.19 Å². The van der Waals surface area contributed by atoms with Crippen molar-refractivity contribution in [3.05, 3.63) is 29.3 Å². The van der Waals surface area contributed by atoms with Crippen molar-refractivity contribution in [1.29, 1.82) is 0 Å². The van der Waals surface area contributed by atoms with Crippen LogP contribution in [0.25, 0.3) is 0 Å². The monoisotopic (exact) mass is 352 g/mol. The molecule has 0 unspecified atom stereocenters. The first-order valence-electron chi connectivity index (χ1n) is 7.19. The normalized spacial score (nSPS) is 10.8. The highest BCUT2D eigenvalue weighted by Gasteiger charge is 2.12. The number of thioether (sulfide) groups is 1. The number of para-hydroxylation sites is 1. The fourth-order valence-electron chi connectivity index (χ4n) is 1.95. The predicted molar refractivity (Wildman–Crippen MR) is 94.3 cm³/mol. The maximum Gasteiger partial charge on any atom is 0.294 e. The summed E-state index contributed by atoms with van der Waals surface area (Å²) in [6.45, 7) is 3.32. The molecular formula is C15H20N4O2S2. The van der Waals surface area contributed by atoms with Crippen LogP contribution in [0.4, 0.5) is 5.69 Å². The highest BCUT2D eigenvalue weighted by atomic mass is 32.2. The third-order valence-electron chi connectivity index (χ3n) is 2.92. The number of rotatable bonds is 8. The number of nitrogens with zero attached hydrogens (tertiary/aromatic N) is 3. The molecule has 0 saturated heterocycles. The van der Waals surface area contributed by atoms with Crippen LogP contribution in [0.5, 0.6) is 5.19 Å². The smallest absolute Gasteiger partial charge is 0.294 e. The second kappa shape index (κ2) is 8.85. The third-order valence-corrected chi connectivity index (χ3v) is 4.53. The van der Waals surface area contributed by atoms with Crippen LogP contribution in [0.2, 0.25) is 0 Å². The number of benzene rings is 1. The van der Waals surface area contributed by atoms with Crippen molar-refractivity contribution in [2.24, 2.45) is 0 Å². The van der Waals surface area contributed by atoms with Gasteiger partial charge in [0.15, 0.2) is 0 Å². The van der Waals surface area contributed by atoms with E-state index in [0.29, 0.717) is 18.3 Å². The number of ether oxygens (including phenoxy) is 1. The van der Waals surface area contributed by atoms with E-state index in [0.717, 1.165) is 15.6 Å². The Bertz CT molecular complexity index is 648. The van der Waals surface area contributed by atoms with Crippen LogP contribution in [0.3, 0.4) is 0 Å². The van der Waals surface area contributed by atoms with Gasteiger partial charge in [0.05, 0.1) is 25.4 Å². The number of carbonyl (C=O) groups is 1. The first-order chi connectivity index (χ1) is 11.1. The van der Waals surface area contributed by atoms with Crippen molar-refractivity contribution in [2.45, 2.75) is 18.4 Å². The molecule has 1 aromatic heterocycles. The average Bonchev–Trinajstić information content (AvgIpc) is 2.95. The number of nitrogens with one attached hydrogen (secondary N) is 1.